The normalized spacial score (nSPS) is 10.9. The van der Waals surface area contributed by atoms with Crippen molar-refractivity contribution in [3.8, 4) is 0 Å². The van der Waals surface area contributed by atoms with E-state index in [0.29, 0.717) is 13.0 Å². The number of hydrogen-bond acceptors (Lipinski definition) is 5. The summed E-state index contributed by atoms with van der Waals surface area (Å²) in [5.41, 5.74) is 1.18. The number of rotatable bonds is 7. The molecule has 0 bridgehead atoms. The number of carbonyl (C=O) groups excluding carboxylic acids is 1. The fraction of sp³-hybridized carbons (Fsp3) is 0.300. The van der Waals surface area contributed by atoms with E-state index >= 15 is 0 Å². The lowest BCUT2D eigenvalue weighted by atomic mass is 9.85. The number of hydrogen-bond donors (Lipinski definition) is 1. The number of nitrogens with zero attached hydrogens (tertiary/aromatic N) is 1. The third-order valence-electron chi connectivity index (χ3n) is 4.16. The smallest absolute Gasteiger partial charge is 0.335 e. The number of benzene rings is 1. The highest BCUT2D eigenvalue weighted by Crippen LogP contribution is 2.22. The Hall–Kier alpha value is -2.64. The summed E-state index contributed by atoms with van der Waals surface area (Å²) in [6, 6.07) is 13.3. The number of Topliss-reactive ketones (excluding diaryl/α,β-unsaturated/α-hetero) is 1. The summed E-state index contributed by atoms with van der Waals surface area (Å²) >= 11 is -0.750. The van der Waals surface area contributed by atoms with Crippen LogP contribution in [0.5, 0.6) is 0 Å². The molecule has 2 rings (SSSR count). The summed E-state index contributed by atoms with van der Waals surface area (Å²) in [5.74, 6) is -0.210. The number of aliphatic hydroxyl groups is 1. The van der Waals surface area contributed by atoms with Crippen LogP contribution in [0.25, 0.3) is 12.2 Å². The lowest BCUT2D eigenvalue weighted by Gasteiger charge is -2.22. The van der Waals surface area contributed by atoms with Gasteiger partial charge in [0.25, 0.3) is 5.56 Å². The maximum atomic E-state index is 12.2. The summed E-state index contributed by atoms with van der Waals surface area (Å²) < 4.78 is 18.2. The summed E-state index contributed by atoms with van der Waals surface area (Å²) in [6.07, 6.45) is 6.11. The molecule has 0 saturated heterocycles. The van der Waals surface area contributed by atoms with Gasteiger partial charge in [-0.1, -0.05) is 56.3 Å². The molecule has 0 aliphatic carbocycles. The molecule has 1 heterocycles. The predicted molar refractivity (Wildman–Crippen MR) is 105 cm³/mol. The molecule has 1 N–H and O–H groups in total. The van der Waals surface area contributed by atoms with Crippen LogP contribution in [-0.2, 0) is 22.9 Å². The summed E-state index contributed by atoms with van der Waals surface area (Å²) in [7, 11) is 0. The minimum Gasteiger partial charge on any atom is -0.389 e. The van der Waals surface area contributed by atoms with Crippen LogP contribution in [-0.4, -0.2) is 30.5 Å². The third-order valence-corrected chi connectivity index (χ3v) is 4.16. The molecule has 0 radical (unpaired) electrons. The first-order valence-corrected chi connectivity index (χ1v) is 9.00. The van der Waals surface area contributed by atoms with Gasteiger partial charge in [-0.2, -0.15) is 8.42 Å². The van der Waals surface area contributed by atoms with Crippen molar-refractivity contribution < 1.29 is 18.3 Å². The Morgan fingerprint density at radius 3 is 2.26 bits per heavy atom. The molecule has 1 aromatic heterocycles. The van der Waals surface area contributed by atoms with Crippen LogP contribution in [0, 0.1) is 5.41 Å². The Balaban J connectivity index is 0.00000114. The molecule has 0 fully saturated rings. The van der Waals surface area contributed by atoms with Crippen LogP contribution >= 0.6 is 0 Å². The van der Waals surface area contributed by atoms with Gasteiger partial charge in [0, 0.05) is 24.2 Å². The van der Waals surface area contributed by atoms with E-state index in [2.05, 4.69) is 0 Å². The van der Waals surface area contributed by atoms with Crippen molar-refractivity contribution in [2.75, 3.05) is 6.61 Å². The highest BCUT2D eigenvalue weighted by Gasteiger charge is 2.26. The Labute approximate surface area is 161 Å². The molecule has 0 aliphatic rings. The molecule has 2 aromatic rings. The van der Waals surface area contributed by atoms with Crippen molar-refractivity contribution in [1.29, 1.82) is 0 Å². The molecule has 0 saturated carbocycles. The number of ketones is 1. The second-order valence-corrected chi connectivity index (χ2v) is 6.66. The fourth-order valence-corrected chi connectivity index (χ4v) is 2.32. The maximum absolute atomic E-state index is 12.2. The van der Waals surface area contributed by atoms with E-state index in [1.165, 1.54) is 0 Å². The summed E-state index contributed by atoms with van der Waals surface area (Å²) in [6.45, 7) is 3.55. The standard InChI is InChI=1S/C20H23NO3.O2S/c1-20(2,18(23)15-22)11-13-21-12-10-17(14-19(21)24)9-8-16-6-4-3-5-7-16;1-3-2/h3-10,12,14,22H,11,13,15H2,1-2H3;/b9-8+;. The molecule has 0 spiro atoms. The Morgan fingerprint density at radius 2 is 1.70 bits per heavy atom. The minimum atomic E-state index is -0.750. The van der Waals surface area contributed by atoms with E-state index in [9.17, 15) is 9.59 Å². The van der Waals surface area contributed by atoms with E-state index in [0.717, 1.165) is 11.1 Å². The molecule has 27 heavy (non-hydrogen) atoms. The number of aryl methyl sites for hydroxylation is 1. The van der Waals surface area contributed by atoms with Crippen molar-refractivity contribution in [2.24, 2.45) is 5.41 Å². The van der Waals surface area contributed by atoms with E-state index in [1.807, 2.05) is 48.6 Å². The lowest BCUT2D eigenvalue weighted by Crippen LogP contribution is -2.30. The summed E-state index contributed by atoms with van der Waals surface area (Å²) in [5, 5.41) is 8.99. The first kappa shape index (κ1) is 22.4. The second kappa shape index (κ2) is 11.2. The van der Waals surface area contributed by atoms with Crippen LogP contribution in [0.4, 0.5) is 0 Å². The topological polar surface area (TPSA) is 93.4 Å². The molecule has 7 heteroatoms. The molecular formula is C20H23NO5S. The zero-order valence-electron chi connectivity index (χ0n) is 15.3. The largest absolute Gasteiger partial charge is 0.389 e. The van der Waals surface area contributed by atoms with Crippen LogP contribution in [0.2, 0.25) is 0 Å². The molecule has 144 valence electrons. The zero-order valence-corrected chi connectivity index (χ0v) is 16.1. The van der Waals surface area contributed by atoms with E-state index in [-0.39, 0.29) is 11.3 Å². The lowest BCUT2D eigenvalue weighted by molar-refractivity contribution is -0.130. The van der Waals surface area contributed by atoms with Gasteiger partial charge < -0.3 is 9.67 Å². The third kappa shape index (κ3) is 7.64. The van der Waals surface area contributed by atoms with Crippen LogP contribution in [0.1, 0.15) is 31.4 Å². The number of aromatic nitrogens is 1. The molecule has 6 nitrogen and oxygen atoms in total. The van der Waals surface area contributed by atoms with Gasteiger partial charge in [0.1, 0.15) is 6.61 Å². The Bertz CT molecular complexity index is 865. The zero-order chi connectivity index (χ0) is 20.3. The first-order chi connectivity index (χ1) is 12.8. The molecule has 0 unspecified atom stereocenters. The van der Waals surface area contributed by atoms with Crippen molar-refractivity contribution >= 4 is 29.5 Å². The molecule has 0 atom stereocenters. The number of aliphatic hydroxyl groups excluding tert-OH is 1. The van der Waals surface area contributed by atoms with Gasteiger partial charge in [0.2, 0.25) is 0 Å². The Kier molecular flexibility index (Phi) is 9.25. The molecule has 0 amide bonds. The number of carbonyl (C=O) groups is 1. The van der Waals surface area contributed by atoms with Gasteiger partial charge in [-0.05, 0) is 23.6 Å². The van der Waals surface area contributed by atoms with Gasteiger partial charge in [0.05, 0.1) is 0 Å². The van der Waals surface area contributed by atoms with E-state index in [4.69, 9.17) is 13.5 Å². The SMILES string of the molecule is CC(C)(CCn1ccc(/C=C/c2ccccc2)cc1=O)C(=O)CO.O=S=O. The number of pyridine rings is 1. The van der Waals surface area contributed by atoms with Gasteiger partial charge in [-0.15, -0.1) is 0 Å². The quantitative estimate of drug-likeness (QED) is 0.784. The second-order valence-electron chi connectivity index (χ2n) is 6.52. The molecule has 0 aliphatic heterocycles. The summed E-state index contributed by atoms with van der Waals surface area (Å²) in [4.78, 5) is 23.9. The van der Waals surface area contributed by atoms with Crippen molar-refractivity contribution in [3.05, 3.63) is 70.1 Å². The van der Waals surface area contributed by atoms with E-state index in [1.54, 1.807) is 30.7 Å². The average molecular weight is 389 g/mol. The van der Waals surface area contributed by atoms with Crippen LogP contribution in [0.15, 0.2) is 53.5 Å². The van der Waals surface area contributed by atoms with Gasteiger partial charge in [-0.25, -0.2) is 0 Å². The predicted octanol–water partition coefficient (Wildman–Crippen LogP) is 2.33. The molecular weight excluding hydrogens is 366 g/mol. The average Bonchev–Trinajstić information content (AvgIpc) is 2.66. The van der Waals surface area contributed by atoms with Crippen molar-refractivity contribution in [1.82, 2.24) is 4.57 Å². The fourth-order valence-electron chi connectivity index (χ4n) is 2.32. The van der Waals surface area contributed by atoms with Crippen molar-refractivity contribution in [3.63, 3.8) is 0 Å². The Morgan fingerprint density at radius 1 is 1.11 bits per heavy atom. The molecule has 1 aromatic carbocycles. The first-order valence-electron chi connectivity index (χ1n) is 8.33. The van der Waals surface area contributed by atoms with Gasteiger partial charge in [0.15, 0.2) is 5.78 Å². The maximum Gasteiger partial charge on any atom is 0.335 e. The van der Waals surface area contributed by atoms with Crippen molar-refractivity contribution in [2.45, 2.75) is 26.8 Å². The van der Waals surface area contributed by atoms with Gasteiger partial charge >= 0.3 is 11.6 Å². The highest BCUT2D eigenvalue weighted by atomic mass is 32.1. The highest BCUT2D eigenvalue weighted by molar-refractivity contribution is 7.51. The van der Waals surface area contributed by atoms with Gasteiger partial charge in [-0.3, -0.25) is 9.59 Å². The minimum absolute atomic E-state index is 0.0996. The monoisotopic (exact) mass is 389 g/mol. The van der Waals surface area contributed by atoms with Crippen LogP contribution < -0.4 is 5.56 Å². The van der Waals surface area contributed by atoms with Crippen LogP contribution in [0.3, 0.4) is 0 Å². The van der Waals surface area contributed by atoms with E-state index < -0.39 is 23.6 Å².